The average Bonchev–Trinajstić information content (AvgIpc) is 2.60. The minimum absolute atomic E-state index is 0.284. The van der Waals surface area contributed by atoms with E-state index >= 15 is 0 Å². The van der Waals surface area contributed by atoms with Gasteiger partial charge in [-0.25, -0.2) is 0 Å². The van der Waals surface area contributed by atoms with E-state index in [1.54, 1.807) is 13.8 Å². The number of hydrogen-bond acceptors (Lipinski definition) is 4. The second-order valence-electron chi connectivity index (χ2n) is 7.37. The molecule has 134 valence electrons. The molecule has 4 nitrogen and oxygen atoms in total. The maximum Gasteiger partial charge on any atom is 0.119 e. The fourth-order valence-electron chi connectivity index (χ4n) is 3.27. The van der Waals surface area contributed by atoms with Gasteiger partial charge in [0, 0.05) is 25.3 Å². The molecule has 1 aliphatic rings. The molecule has 3 rings (SSSR count). The van der Waals surface area contributed by atoms with E-state index in [2.05, 4.69) is 59.6 Å². The molecule has 0 unspecified atom stereocenters. The second-order valence-corrected chi connectivity index (χ2v) is 7.37. The van der Waals surface area contributed by atoms with E-state index in [0.717, 1.165) is 25.4 Å². The molecular weight excluding hydrogens is 312 g/mol. The number of rotatable bonds is 5. The Hall–Kier alpha value is -2.04. The molecule has 0 spiro atoms. The third-order valence-corrected chi connectivity index (χ3v) is 4.50. The minimum Gasteiger partial charge on any atom is -0.491 e. The molecule has 1 fully saturated rings. The molecule has 0 saturated carbocycles. The Labute approximate surface area is 150 Å². The van der Waals surface area contributed by atoms with Gasteiger partial charge >= 0.3 is 0 Å². The molecule has 0 aromatic heterocycles. The summed E-state index contributed by atoms with van der Waals surface area (Å²) in [5.41, 5.74) is 2.93. The van der Waals surface area contributed by atoms with E-state index in [1.165, 1.54) is 16.8 Å². The zero-order valence-corrected chi connectivity index (χ0v) is 15.3. The van der Waals surface area contributed by atoms with Gasteiger partial charge in [-0.05, 0) is 50.1 Å². The number of piperazine rings is 1. The van der Waals surface area contributed by atoms with E-state index in [1.807, 2.05) is 6.07 Å². The highest BCUT2D eigenvalue weighted by molar-refractivity contribution is 5.58. The first-order chi connectivity index (χ1) is 11.9. The van der Waals surface area contributed by atoms with Crippen LogP contribution in [0.5, 0.6) is 5.75 Å². The smallest absolute Gasteiger partial charge is 0.119 e. The van der Waals surface area contributed by atoms with Crippen LogP contribution in [0.3, 0.4) is 0 Å². The standard InChI is InChI=1S/C21H28N2O2/c1-16-13-18(25-15-21(2,3)24)9-10-19(16)23-12-11-22-14-20(23)17-7-5-4-6-8-17/h4-10,13,20,22,24H,11-12,14-15H2,1-3H3/t20-/m0/s1. The molecule has 1 aliphatic heterocycles. The number of nitrogens with one attached hydrogen (secondary N) is 1. The highest BCUT2D eigenvalue weighted by atomic mass is 16.5. The molecule has 0 aliphatic carbocycles. The van der Waals surface area contributed by atoms with E-state index in [9.17, 15) is 5.11 Å². The van der Waals surface area contributed by atoms with Gasteiger partial charge in [-0.15, -0.1) is 0 Å². The molecule has 25 heavy (non-hydrogen) atoms. The maximum absolute atomic E-state index is 9.83. The molecule has 2 aromatic rings. The summed E-state index contributed by atoms with van der Waals surface area (Å²) in [7, 11) is 0. The first-order valence-electron chi connectivity index (χ1n) is 8.92. The quantitative estimate of drug-likeness (QED) is 0.877. The molecule has 0 bridgehead atoms. The summed E-state index contributed by atoms with van der Waals surface area (Å²) in [6.07, 6.45) is 0. The molecular formula is C21H28N2O2. The molecule has 4 heteroatoms. The fourth-order valence-corrected chi connectivity index (χ4v) is 3.27. The summed E-state index contributed by atoms with van der Waals surface area (Å²) in [5.74, 6) is 0.801. The van der Waals surface area contributed by atoms with Crippen LogP contribution >= 0.6 is 0 Å². The van der Waals surface area contributed by atoms with Crippen LogP contribution in [-0.4, -0.2) is 36.9 Å². The van der Waals surface area contributed by atoms with Gasteiger partial charge in [0.2, 0.25) is 0 Å². The van der Waals surface area contributed by atoms with Crippen molar-refractivity contribution in [3.05, 3.63) is 59.7 Å². The summed E-state index contributed by atoms with van der Waals surface area (Å²) in [4.78, 5) is 2.47. The zero-order chi connectivity index (χ0) is 17.9. The Kier molecular flexibility index (Phi) is 5.30. The van der Waals surface area contributed by atoms with Crippen LogP contribution < -0.4 is 15.0 Å². The molecule has 0 amide bonds. The Morgan fingerprint density at radius 1 is 1.20 bits per heavy atom. The number of anilines is 1. The van der Waals surface area contributed by atoms with Crippen molar-refractivity contribution in [1.29, 1.82) is 0 Å². The van der Waals surface area contributed by atoms with Crippen LogP contribution in [0.15, 0.2) is 48.5 Å². The first kappa shape index (κ1) is 17.8. The lowest BCUT2D eigenvalue weighted by atomic mass is 10.0. The highest BCUT2D eigenvalue weighted by Gasteiger charge is 2.25. The number of hydrogen-bond donors (Lipinski definition) is 2. The van der Waals surface area contributed by atoms with Gasteiger partial charge in [0.1, 0.15) is 12.4 Å². The van der Waals surface area contributed by atoms with Crippen LogP contribution in [0.4, 0.5) is 5.69 Å². The van der Waals surface area contributed by atoms with Crippen molar-refractivity contribution in [2.24, 2.45) is 0 Å². The SMILES string of the molecule is Cc1cc(OCC(C)(C)O)ccc1N1CCNC[C@H]1c1ccccc1. The van der Waals surface area contributed by atoms with Crippen LogP contribution in [0.2, 0.25) is 0 Å². The summed E-state index contributed by atoms with van der Waals surface area (Å²) in [5, 5.41) is 13.3. The molecule has 1 atom stereocenters. The van der Waals surface area contributed by atoms with Crippen LogP contribution in [0.25, 0.3) is 0 Å². The van der Waals surface area contributed by atoms with Crippen LogP contribution in [-0.2, 0) is 0 Å². The van der Waals surface area contributed by atoms with Crippen molar-refractivity contribution in [1.82, 2.24) is 5.32 Å². The summed E-state index contributed by atoms with van der Waals surface area (Å²) < 4.78 is 5.72. The minimum atomic E-state index is -0.830. The predicted molar refractivity (Wildman–Crippen MR) is 102 cm³/mol. The second kappa shape index (κ2) is 7.46. The number of aliphatic hydroxyl groups is 1. The zero-order valence-electron chi connectivity index (χ0n) is 15.3. The fraction of sp³-hybridized carbons (Fsp3) is 0.429. The normalized spacial score (nSPS) is 18.2. The Bertz CT molecular complexity index is 695. The van der Waals surface area contributed by atoms with Crippen molar-refractivity contribution in [3.63, 3.8) is 0 Å². The van der Waals surface area contributed by atoms with E-state index < -0.39 is 5.60 Å². The van der Waals surface area contributed by atoms with Crippen LogP contribution in [0.1, 0.15) is 31.0 Å². The maximum atomic E-state index is 9.83. The third kappa shape index (κ3) is 4.53. The molecule has 1 saturated heterocycles. The van der Waals surface area contributed by atoms with Gasteiger partial charge in [0.05, 0.1) is 11.6 Å². The van der Waals surface area contributed by atoms with Gasteiger partial charge in [-0.2, -0.15) is 0 Å². The van der Waals surface area contributed by atoms with Crippen molar-refractivity contribution >= 4 is 5.69 Å². The molecule has 2 N–H and O–H groups in total. The van der Waals surface area contributed by atoms with Gasteiger partial charge < -0.3 is 20.1 Å². The van der Waals surface area contributed by atoms with E-state index in [0.29, 0.717) is 6.04 Å². The average molecular weight is 340 g/mol. The number of ether oxygens (including phenoxy) is 1. The number of nitrogens with zero attached hydrogens (tertiary/aromatic N) is 1. The lowest BCUT2D eigenvalue weighted by Crippen LogP contribution is -2.46. The lowest BCUT2D eigenvalue weighted by molar-refractivity contribution is 0.0285. The Morgan fingerprint density at radius 3 is 2.64 bits per heavy atom. The third-order valence-electron chi connectivity index (χ3n) is 4.50. The van der Waals surface area contributed by atoms with Gasteiger partial charge in [-0.1, -0.05) is 30.3 Å². The van der Waals surface area contributed by atoms with Gasteiger partial charge in [-0.3, -0.25) is 0 Å². The van der Waals surface area contributed by atoms with Crippen molar-refractivity contribution in [2.75, 3.05) is 31.1 Å². The Balaban J connectivity index is 1.81. The summed E-state index contributed by atoms with van der Waals surface area (Å²) >= 11 is 0. The van der Waals surface area contributed by atoms with Gasteiger partial charge in [0.25, 0.3) is 0 Å². The van der Waals surface area contributed by atoms with Crippen LogP contribution in [0, 0.1) is 6.92 Å². The molecule has 1 heterocycles. The number of benzene rings is 2. The molecule has 2 aromatic carbocycles. The largest absolute Gasteiger partial charge is 0.491 e. The highest BCUT2D eigenvalue weighted by Crippen LogP contribution is 2.32. The van der Waals surface area contributed by atoms with E-state index in [4.69, 9.17) is 4.74 Å². The van der Waals surface area contributed by atoms with Crippen molar-refractivity contribution < 1.29 is 9.84 Å². The molecule has 0 radical (unpaired) electrons. The van der Waals surface area contributed by atoms with Gasteiger partial charge in [0.15, 0.2) is 0 Å². The Morgan fingerprint density at radius 2 is 1.96 bits per heavy atom. The van der Waals surface area contributed by atoms with Crippen molar-refractivity contribution in [3.8, 4) is 5.75 Å². The summed E-state index contributed by atoms with van der Waals surface area (Å²) in [6.45, 7) is 8.81. The van der Waals surface area contributed by atoms with E-state index in [-0.39, 0.29) is 6.61 Å². The van der Waals surface area contributed by atoms with Crippen molar-refractivity contribution in [2.45, 2.75) is 32.4 Å². The first-order valence-corrected chi connectivity index (χ1v) is 8.92. The monoisotopic (exact) mass is 340 g/mol. The topological polar surface area (TPSA) is 44.7 Å². The summed E-state index contributed by atoms with van der Waals surface area (Å²) in [6, 6.07) is 17.2. The lowest BCUT2D eigenvalue weighted by Gasteiger charge is -2.39. The number of aryl methyl sites for hydroxylation is 1. The predicted octanol–water partition coefficient (Wildman–Crippen LogP) is 3.30.